The molecule has 4 nitrogen and oxygen atoms in total. The number of hydrogen-bond acceptors (Lipinski definition) is 3. The highest BCUT2D eigenvalue weighted by molar-refractivity contribution is 6.08. The van der Waals surface area contributed by atoms with E-state index in [1.807, 2.05) is 63.3 Å². The van der Waals surface area contributed by atoms with Crippen LogP contribution in [0.2, 0.25) is 0 Å². The molecule has 2 saturated heterocycles. The van der Waals surface area contributed by atoms with Gasteiger partial charge in [0.15, 0.2) is 0 Å². The van der Waals surface area contributed by atoms with Gasteiger partial charge in [-0.25, -0.2) is 0 Å². The van der Waals surface area contributed by atoms with Crippen LogP contribution in [0.15, 0.2) is 42.5 Å². The van der Waals surface area contributed by atoms with E-state index in [9.17, 15) is 9.59 Å². The lowest BCUT2D eigenvalue weighted by Crippen LogP contribution is -2.40. The Bertz CT molecular complexity index is 662. The molecule has 2 fully saturated rings. The van der Waals surface area contributed by atoms with E-state index in [2.05, 4.69) is 0 Å². The molecule has 0 aliphatic carbocycles. The van der Waals surface area contributed by atoms with Gasteiger partial charge >= 0.3 is 0 Å². The van der Waals surface area contributed by atoms with Crippen molar-refractivity contribution < 1.29 is 14.3 Å². The summed E-state index contributed by atoms with van der Waals surface area (Å²) < 4.78 is 6.01. The number of carbonyl (C=O) groups is 2. The van der Waals surface area contributed by atoms with Crippen LogP contribution in [0, 0.1) is 11.8 Å². The number of amides is 2. The molecule has 3 heterocycles. The first-order chi connectivity index (χ1) is 10.4. The van der Waals surface area contributed by atoms with Gasteiger partial charge in [-0.3, -0.25) is 14.5 Å². The summed E-state index contributed by atoms with van der Waals surface area (Å²) in [5.74, 6) is -1.02. The first kappa shape index (κ1) is 13.7. The monoisotopic (exact) mass is 297 g/mol. The summed E-state index contributed by atoms with van der Waals surface area (Å²) in [5, 5.41) is 0. The number of imide groups is 1. The van der Waals surface area contributed by atoms with Crippen molar-refractivity contribution >= 4 is 11.8 Å². The van der Waals surface area contributed by atoms with Crippen molar-refractivity contribution in [2.45, 2.75) is 38.0 Å². The van der Waals surface area contributed by atoms with Crippen LogP contribution in [0.4, 0.5) is 0 Å². The third kappa shape index (κ3) is 1.51. The number of carbonyl (C=O) groups excluding carboxylic acids is 2. The van der Waals surface area contributed by atoms with Crippen molar-refractivity contribution in [3.63, 3.8) is 0 Å². The van der Waals surface area contributed by atoms with Gasteiger partial charge in [0, 0.05) is 0 Å². The molecule has 0 aromatic heterocycles. The van der Waals surface area contributed by atoms with Crippen LogP contribution in [-0.4, -0.2) is 27.9 Å². The van der Waals surface area contributed by atoms with Gasteiger partial charge in [0.05, 0.1) is 29.1 Å². The van der Waals surface area contributed by atoms with Gasteiger partial charge in [-0.2, -0.15) is 0 Å². The minimum Gasteiger partial charge on any atom is -0.359 e. The van der Waals surface area contributed by atoms with Crippen LogP contribution in [0.5, 0.6) is 0 Å². The second kappa shape index (κ2) is 4.07. The Morgan fingerprint density at radius 3 is 2.00 bits per heavy atom. The Labute approximate surface area is 129 Å². The van der Waals surface area contributed by atoms with Gasteiger partial charge in [0.2, 0.25) is 11.8 Å². The fourth-order valence-electron chi connectivity index (χ4n) is 4.32. The van der Waals surface area contributed by atoms with E-state index in [-0.39, 0.29) is 17.9 Å². The highest BCUT2D eigenvalue weighted by Gasteiger charge is 2.70. The third-order valence-corrected chi connectivity index (χ3v) is 5.43. The Morgan fingerprint density at radius 1 is 1.00 bits per heavy atom. The van der Waals surface area contributed by atoms with Gasteiger partial charge in [0.1, 0.15) is 0 Å². The van der Waals surface area contributed by atoms with E-state index >= 15 is 0 Å². The molecule has 1 aromatic rings. The molecule has 0 unspecified atom stereocenters. The van der Waals surface area contributed by atoms with E-state index in [1.165, 1.54) is 4.90 Å². The summed E-state index contributed by atoms with van der Waals surface area (Å²) in [4.78, 5) is 27.3. The summed E-state index contributed by atoms with van der Waals surface area (Å²) in [6.45, 7) is 5.72. The molecule has 0 N–H and O–H groups in total. The zero-order valence-corrected chi connectivity index (χ0v) is 12.9. The van der Waals surface area contributed by atoms with E-state index in [4.69, 9.17) is 4.74 Å². The lowest BCUT2D eigenvalue weighted by molar-refractivity contribution is -0.148. The maximum Gasteiger partial charge on any atom is 0.237 e. The zero-order chi connectivity index (χ0) is 15.7. The van der Waals surface area contributed by atoms with Crippen molar-refractivity contribution in [3.05, 3.63) is 48.0 Å². The second-order valence-corrected chi connectivity index (χ2v) is 6.89. The lowest BCUT2D eigenvalue weighted by Gasteiger charge is -2.29. The number of rotatable bonds is 2. The maximum atomic E-state index is 12.9. The normalized spacial score (nSPS) is 40.4. The summed E-state index contributed by atoms with van der Waals surface area (Å²) in [7, 11) is 0. The van der Waals surface area contributed by atoms with Crippen LogP contribution in [0.3, 0.4) is 0 Å². The Morgan fingerprint density at radius 2 is 1.50 bits per heavy atom. The predicted octanol–water partition coefficient (Wildman–Crippen LogP) is 2.47. The maximum absolute atomic E-state index is 12.9. The highest BCUT2D eigenvalue weighted by atomic mass is 16.5. The lowest BCUT2D eigenvalue weighted by atomic mass is 9.73. The SMILES string of the molecule is C[C@H](c1ccccc1)N1C(=O)[C@@H]2[C@H](C1=O)[C@@]1(C)C=C[C@@]2(C)O1. The van der Waals surface area contributed by atoms with Crippen LogP contribution >= 0.6 is 0 Å². The molecular formula is C18H19NO3. The molecule has 5 atom stereocenters. The quantitative estimate of drug-likeness (QED) is 0.622. The molecule has 4 heteroatoms. The molecule has 2 bridgehead atoms. The molecule has 3 aliphatic rings. The van der Waals surface area contributed by atoms with Crippen molar-refractivity contribution in [2.24, 2.45) is 11.8 Å². The fourth-order valence-corrected chi connectivity index (χ4v) is 4.32. The number of fused-ring (bicyclic) bond motifs is 5. The number of benzene rings is 1. The first-order valence-corrected chi connectivity index (χ1v) is 7.70. The molecule has 114 valence electrons. The van der Waals surface area contributed by atoms with Gasteiger partial charge in [-0.05, 0) is 26.3 Å². The topological polar surface area (TPSA) is 46.6 Å². The number of likely N-dealkylation sites (tertiary alicyclic amines) is 1. The molecule has 22 heavy (non-hydrogen) atoms. The molecule has 0 saturated carbocycles. The standard InChI is InChI=1S/C18H19NO3/c1-11(12-7-5-4-6-8-12)19-15(20)13-14(16(19)21)18(3)10-9-17(13,2)22-18/h4-11,13-14H,1-3H3/t11-,13-,14+,17-,18-/m1/s1. The summed E-state index contributed by atoms with van der Waals surface area (Å²) in [6, 6.07) is 9.43. The largest absolute Gasteiger partial charge is 0.359 e. The van der Waals surface area contributed by atoms with E-state index in [0.29, 0.717) is 0 Å². The minimum atomic E-state index is -0.655. The van der Waals surface area contributed by atoms with Crippen LogP contribution in [-0.2, 0) is 14.3 Å². The number of ether oxygens (including phenoxy) is 1. The van der Waals surface area contributed by atoms with Crippen molar-refractivity contribution in [3.8, 4) is 0 Å². The van der Waals surface area contributed by atoms with Crippen molar-refractivity contribution in [2.75, 3.05) is 0 Å². The van der Waals surface area contributed by atoms with E-state index in [0.717, 1.165) is 5.56 Å². The summed E-state index contributed by atoms with van der Waals surface area (Å²) in [5.41, 5.74) is -0.338. The van der Waals surface area contributed by atoms with E-state index < -0.39 is 23.0 Å². The fraction of sp³-hybridized carbons (Fsp3) is 0.444. The molecule has 4 rings (SSSR count). The highest BCUT2D eigenvalue weighted by Crippen LogP contribution is 2.57. The number of hydrogen-bond donors (Lipinski definition) is 0. The molecular weight excluding hydrogens is 278 g/mol. The third-order valence-electron chi connectivity index (χ3n) is 5.43. The summed E-state index contributed by atoms with van der Waals surface area (Å²) in [6.07, 6.45) is 3.88. The van der Waals surface area contributed by atoms with Gasteiger partial charge in [-0.15, -0.1) is 0 Å². The molecule has 3 aliphatic heterocycles. The molecule has 0 spiro atoms. The van der Waals surface area contributed by atoms with Crippen LogP contribution in [0.1, 0.15) is 32.4 Å². The minimum absolute atomic E-state index is 0.109. The average Bonchev–Trinajstić information content (AvgIpc) is 3.04. The van der Waals surface area contributed by atoms with Gasteiger partial charge in [0.25, 0.3) is 0 Å². The smallest absolute Gasteiger partial charge is 0.237 e. The number of nitrogens with zero attached hydrogens (tertiary/aromatic N) is 1. The second-order valence-electron chi connectivity index (χ2n) is 6.89. The predicted molar refractivity (Wildman–Crippen MR) is 80.7 cm³/mol. The van der Waals surface area contributed by atoms with E-state index in [1.54, 1.807) is 0 Å². The Balaban J connectivity index is 1.74. The molecule has 1 aromatic carbocycles. The van der Waals surface area contributed by atoms with Crippen LogP contribution in [0.25, 0.3) is 0 Å². The van der Waals surface area contributed by atoms with Gasteiger partial charge in [-0.1, -0.05) is 42.5 Å². The van der Waals surface area contributed by atoms with Crippen molar-refractivity contribution in [1.82, 2.24) is 4.90 Å². The molecule has 0 radical (unpaired) electrons. The molecule has 2 amide bonds. The Hall–Kier alpha value is -1.94. The zero-order valence-electron chi connectivity index (χ0n) is 12.9. The Kier molecular flexibility index (Phi) is 2.54. The van der Waals surface area contributed by atoms with Crippen molar-refractivity contribution in [1.29, 1.82) is 0 Å². The van der Waals surface area contributed by atoms with Gasteiger partial charge < -0.3 is 4.74 Å². The first-order valence-electron chi connectivity index (χ1n) is 7.70. The van der Waals surface area contributed by atoms with Crippen LogP contribution < -0.4 is 0 Å². The average molecular weight is 297 g/mol. The summed E-state index contributed by atoms with van der Waals surface area (Å²) >= 11 is 0.